The van der Waals surface area contributed by atoms with E-state index >= 15 is 0 Å². The molecule has 0 amide bonds. The molecule has 5 N–H and O–H groups in total. The summed E-state index contributed by atoms with van der Waals surface area (Å²) in [7, 11) is 0. The molecule has 0 fully saturated rings. The van der Waals surface area contributed by atoms with Crippen LogP contribution in [0.3, 0.4) is 0 Å². The lowest BCUT2D eigenvalue weighted by atomic mass is 10.4. The van der Waals surface area contributed by atoms with Crippen molar-refractivity contribution < 1.29 is 0 Å². The summed E-state index contributed by atoms with van der Waals surface area (Å²) in [4.78, 5) is 0. The fourth-order valence-corrected chi connectivity index (χ4v) is 0.456. The third-order valence-electron chi connectivity index (χ3n) is 0.917. The lowest BCUT2D eigenvalue weighted by molar-refractivity contribution is 0.452. The van der Waals surface area contributed by atoms with Crippen molar-refractivity contribution in [3.63, 3.8) is 0 Å². The molecule has 2 atom stereocenters. The van der Waals surface area contributed by atoms with Gasteiger partial charge in [0, 0.05) is 0 Å². The Balaban J connectivity index is 3.10. The zero-order chi connectivity index (χ0) is 6.57. The molecule has 0 rings (SSSR count). The van der Waals surface area contributed by atoms with Crippen LogP contribution in [0, 0.1) is 0 Å². The highest BCUT2D eigenvalue weighted by Crippen LogP contribution is 1.79. The predicted molar refractivity (Wildman–Crippen MR) is 35.1 cm³/mol. The lowest BCUT2D eigenvalue weighted by Gasteiger charge is -2.13. The molecule has 0 aromatic heterocycles. The van der Waals surface area contributed by atoms with Gasteiger partial charge in [-0.25, -0.2) is 0 Å². The minimum Gasteiger partial charge on any atom is -0.316 e. The van der Waals surface area contributed by atoms with Crippen LogP contribution in [-0.4, -0.2) is 12.3 Å². The predicted octanol–water partition coefficient (Wildman–Crippen LogP) is -0.424. The van der Waals surface area contributed by atoms with Gasteiger partial charge in [-0.1, -0.05) is 6.92 Å². The van der Waals surface area contributed by atoms with Gasteiger partial charge in [-0.05, 0) is 13.3 Å². The van der Waals surface area contributed by atoms with Crippen LogP contribution in [0.25, 0.3) is 0 Å². The molecule has 0 saturated carbocycles. The van der Waals surface area contributed by atoms with Gasteiger partial charge in [-0.15, -0.1) is 0 Å². The highest BCUT2D eigenvalue weighted by Gasteiger charge is 1.97. The Morgan fingerprint density at radius 2 is 2.00 bits per heavy atom. The molecule has 2 unspecified atom stereocenters. The van der Waals surface area contributed by atoms with Crippen LogP contribution >= 0.6 is 0 Å². The summed E-state index contributed by atoms with van der Waals surface area (Å²) in [6.07, 6.45) is 0.974. The molecule has 3 heteroatoms. The van der Waals surface area contributed by atoms with Gasteiger partial charge in [0.1, 0.15) is 0 Å². The zero-order valence-corrected chi connectivity index (χ0v) is 5.52. The molecule has 0 aromatic rings. The summed E-state index contributed by atoms with van der Waals surface area (Å²) in [6, 6.07) is 0. The summed E-state index contributed by atoms with van der Waals surface area (Å²) in [5.41, 5.74) is 10.9. The van der Waals surface area contributed by atoms with Crippen molar-refractivity contribution in [3.05, 3.63) is 0 Å². The van der Waals surface area contributed by atoms with Gasteiger partial charge >= 0.3 is 0 Å². The SMILES string of the molecule is CCC(N)NC(C)N. The minimum atomic E-state index is 0.00458. The Labute approximate surface area is 50.4 Å². The van der Waals surface area contributed by atoms with Crippen LogP contribution < -0.4 is 16.8 Å². The average molecular weight is 117 g/mol. The Kier molecular flexibility index (Phi) is 3.77. The maximum atomic E-state index is 5.48. The molecule has 50 valence electrons. The van der Waals surface area contributed by atoms with Gasteiger partial charge in [0.15, 0.2) is 0 Å². The second-order valence-electron chi connectivity index (χ2n) is 1.97. The molecule has 0 aromatic carbocycles. The Morgan fingerprint density at radius 1 is 1.50 bits per heavy atom. The fourth-order valence-electron chi connectivity index (χ4n) is 0.456. The highest BCUT2D eigenvalue weighted by atomic mass is 15.1. The van der Waals surface area contributed by atoms with E-state index in [0.717, 1.165) is 6.42 Å². The monoisotopic (exact) mass is 117 g/mol. The van der Waals surface area contributed by atoms with E-state index in [-0.39, 0.29) is 12.3 Å². The van der Waals surface area contributed by atoms with Gasteiger partial charge in [0.25, 0.3) is 0 Å². The van der Waals surface area contributed by atoms with Crippen molar-refractivity contribution >= 4 is 0 Å². The number of hydrogen-bond donors (Lipinski definition) is 3. The highest BCUT2D eigenvalue weighted by molar-refractivity contribution is 4.57. The van der Waals surface area contributed by atoms with E-state index in [9.17, 15) is 0 Å². The third kappa shape index (κ3) is 4.05. The quantitative estimate of drug-likeness (QED) is 0.440. The molecule has 3 nitrogen and oxygen atoms in total. The van der Waals surface area contributed by atoms with Crippen LogP contribution in [0.4, 0.5) is 0 Å². The van der Waals surface area contributed by atoms with Crippen molar-refractivity contribution in [1.29, 1.82) is 0 Å². The van der Waals surface area contributed by atoms with Crippen molar-refractivity contribution in [3.8, 4) is 0 Å². The van der Waals surface area contributed by atoms with Crippen molar-refractivity contribution in [1.82, 2.24) is 5.32 Å². The molecule has 0 saturated heterocycles. The Hall–Kier alpha value is -0.120. The summed E-state index contributed by atoms with van der Waals surface area (Å²) < 4.78 is 0. The van der Waals surface area contributed by atoms with Gasteiger partial charge in [-0.3, -0.25) is 5.32 Å². The first kappa shape index (κ1) is 7.88. The maximum Gasteiger partial charge on any atom is 0.0555 e. The summed E-state index contributed by atoms with van der Waals surface area (Å²) in [6.45, 7) is 3.88. The van der Waals surface area contributed by atoms with Gasteiger partial charge in [0.05, 0.1) is 12.3 Å². The fraction of sp³-hybridized carbons (Fsp3) is 1.00. The van der Waals surface area contributed by atoms with Crippen LogP contribution in [0.2, 0.25) is 0 Å². The van der Waals surface area contributed by atoms with E-state index in [0.29, 0.717) is 0 Å². The summed E-state index contributed by atoms with van der Waals surface area (Å²) in [5.74, 6) is 0. The minimum absolute atomic E-state index is 0.00458. The third-order valence-corrected chi connectivity index (χ3v) is 0.917. The number of nitrogens with one attached hydrogen (secondary N) is 1. The van der Waals surface area contributed by atoms with E-state index in [1.165, 1.54) is 0 Å². The first-order valence-corrected chi connectivity index (χ1v) is 2.94. The molecule has 0 spiro atoms. The van der Waals surface area contributed by atoms with Crippen LogP contribution in [0.1, 0.15) is 20.3 Å². The topological polar surface area (TPSA) is 64.1 Å². The van der Waals surface area contributed by atoms with E-state index < -0.39 is 0 Å². The molecular formula is C5H15N3. The molecule has 0 aliphatic carbocycles. The molecule has 0 aliphatic heterocycles. The van der Waals surface area contributed by atoms with E-state index in [1.807, 2.05) is 13.8 Å². The number of hydrogen-bond acceptors (Lipinski definition) is 3. The molecular weight excluding hydrogens is 102 g/mol. The van der Waals surface area contributed by atoms with Crippen LogP contribution in [0.5, 0.6) is 0 Å². The van der Waals surface area contributed by atoms with Gasteiger partial charge in [0.2, 0.25) is 0 Å². The molecule has 8 heavy (non-hydrogen) atoms. The Morgan fingerprint density at radius 3 is 2.12 bits per heavy atom. The zero-order valence-electron chi connectivity index (χ0n) is 5.52. The Bertz CT molecular complexity index is 53.6. The molecule has 0 aliphatic rings. The second-order valence-corrected chi connectivity index (χ2v) is 1.97. The van der Waals surface area contributed by atoms with Crippen molar-refractivity contribution in [2.75, 3.05) is 0 Å². The second kappa shape index (κ2) is 3.83. The largest absolute Gasteiger partial charge is 0.316 e. The van der Waals surface area contributed by atoms with Gasteiger partial charge in [-0.2, -0.15) is 0 Å². The van der Waals surface area contributed by atoms with E-state index in [2.05, 4.69) is 5.32 Å². The summed E-state index contributed by atoms with van der Waals surface area (Å²) >= 11 is 0. The van der Waals surface area contributed by atoms with Crippen LogP contribution in [0.15, 0.2) is 0 Å². The summed E-state index contributed by atoms with van der Waals surface area (Å²) in [5, 5.41) is 2.95. The van der Waals surface area contributed by atoms with Crippen molar-refractivity contribution in [2.24, 2.45) is 11.5 Å². The van der Waals surface area contributed by atoms with E-state index in [4.69, 9.17) is 11.5 Å². The smallest absolute Gasteiger partial charge is 0.0555 e. The van der Waals surface area contributed by atoms with Crippen LogP contribution in [-0.2, 0) is 0 Å². The molecule has 0 bridgehead atoms. The van der Waals surface area contributed by atoms with E-state index in [1.54, 1.807) is 0 Å². The van der Waals surface area contributed by atoms with Crippen molar-refractivity contribution in [2.45, 2.75) is 32.6 Å². The first-order chi connectivity index (χ1) is 3.66. The average Bonchev–Trinajstić information content (AvgIpc) is 1.65. The molecule has 0 heterocycles. The number of rotatable bonds is 3. The van der Waals surface area contributed by atoms with Gasteiger partial charge < -0.3 is 11.5 Å². The lowest BCUT2D eigenvalue weighted by Crippen LogP contribution is -2.46. The maximum absolute atomic E-state index is 5.48. The number of nitrogens with two attached hydrogens (primary N) is 2. The molecule has 0 radical (unpaired) electrons. The normalized spacial score (nSPS) is 18.0. The first-order valence-electron chi connectivity index (χ1n) is 2.94. The standard InChI is InChI=1S/C5H15N3/c1-3-5(7)8-4(2)6/h4-5,8H,3,6-7H2,1-2H3.